The highest BCUT2D eigenvalue weighted by Crippen LogP contribution is 2.39. The molecule has 2 aliphatic rings. The van der Waals surface area contributed by atoms with Crippen LogP contribution in [0.3, 0.4) is 0 Å². The van der Waals surface area contributed by atoms with Gasteiger partial charge in [0.2, 0.25) is 0 Å². The van der Waals surface area contributed by atoms with Gasteiger partial charge in [0, 0.05) is 18.4 Å². The fourth-order valence-corrected chi connectivity index (χ4v) is 2.10. The van der Waals surface area contributed by atoms with Gasteiger partial charge in [-0.1, -0.05) is 6.92 Å². The van der Waals surface area contributed by atoms with Crippen molar-refractivity contribution in [2.75, 3.05) is 6.61 Å². The van der Waals surface area contributed by atoms with E-state index in [1.807, 2.05) is 6.92 Å². The van der Waals surface area contributed by atoms with Crippen LogP contribution in [0.5, 0.6) is 0 Å². The zero-order chi connectivity index (χ0) is 8.06. The molecule has 2 aliphatic heterocycles. The molecule has 0 aromatic rings. The first-order valence-corrected chi connectivity index (χ1v) is 4.23. The lowest BCUT2D eigenvalue weighted by atomic mass is 9.89. The van der Waals surface area contributed by atoms with Crippen molar-refractivity contribution in [3.8, 4) is 0 Å². The summed E-state index contributed by atoms with van der Waals surface area (Å²) in [5.74, 6) is 0.806. The van der Waals surface area contributed by atoms with Crippen LogP contribution in [0.1, 0.15) is 20.3 Å². The topological polar surface area (TPSA) is 41.5 Å². The summed E-state index contributed by atoms with van der Waals surface area (Å²) >= 11 is 0. The fraction of sp³-hybridized carbons (Fsp3) is 1.00. The van der Waals surface area contributed by atoms with E-state index in [4.69, 9.17) is 4.74 Å². The first-order valence-electron chi connectivity index (χ1n) is 4.23. The van der Waals surface area contributed by atoms with Crippen molar-refractivity contribution in [2.24, 2.45) is 11.8 Å². The molecule has 0 saturated carbocycles. The molecule has 0 aromatic carbocycles. The summed E-state index contributed by atoms with van der Waals surface area (Å²) in [5.41, 5.74) is -0.726. The summed E-state index contributed by atoms with van der Waals surface area (Å²) in [6.45, 7) is 4.73. The van der Waals surface area contributed by atoms with Gasteiger partial charge in [-0.25, -0.2) is 0 Å². The van der Waals surface area contributed by atoms with Crippen LogP contribution in [0.25, 0.3) is 0 Å². The number of ether oxygens (including phenoxy) is 1. The maximum absolute atomic E-state index is 9.78. The van der Waals surface area contributed by atoms with E-state index < -0.39 is 5.72 Å². The van der Waals surface area contributed by atoms with Crippen LogP contribution in [0.2, 0.25) is 0 Å². The van der Waals surface area contributed by atoms with E-state index in [0.717, 1.165) is 13.0 Å². The summed E-state index contributed by atoms with van der Waals surface area (Å²) in [4.78, 5) is 0. The summed E-state index contributed by atoms with van der Waals surface area (Å²) in [6, 6.07) is 0. The first-order chi connectivity index (χ1) is 5.11. The van der Waals surface area contributed by atoms with Crippen LogP contribution in [0.4, 0.5) is 0 Å². The van der Waals surface area contributed by atoms with Crippen molar-refractivity contribution < 1.29 is 9.84 Å². The Bertz CT molecular complexity index is 169. The quantitative estimate of drug-likeness (QED) is 0.531. The molecule has 2 rings (SSSR count). The molecular weight excluding hydrogens is 142 g/mol. The Kier molecular flexibility index (Phi) is 1.50. The van der Waals surface area contributed by atoms with Crippen LogP contribution >= 0.6 is 0 Å². The molecule has 0 bridgehead atoms. The maximum atomic E-state index is 9.78. The molecule has 4 atom stereocenters. The van der Waals surface area contributed by atoms with Gasteiger partial charge >= 0.3 is 0 Å². The van der Waals surface area contributed by atoms with Crippen molar-refractivity contribution in [3.05, 3.63) is 0 Å². The normalized spacial score (nSPS) is 56.5. The van der Waals surface area contributed by atoms with Gasteiger partial charge in [0.05, 0.1) is 0 Å². The van der Waals surface area contributed by atoms with E-state index in [-0.39, 0.29) is 6.23 Å². The molecule has 2 fully saturated rings. The van der Waals surface area contributed by atoms with Gasteiger partial charge in [-0.3, -0.25) is 5.32 Å². The van der Waals surface area contributed by atoms with Crippen LogP contribution in [0.15, 0.2) is 0 Å². The monoisotopic (exact) mass is 157 g/mol. The maximum Gasteiger partial charge on any atom is 0.118 e. The van der Waals surface area contributed by atoms with Crippen LogP contribution < -0.4 is 5.32 Å². The molecule has 3 nitrogen and oxygen atoms in total. The molecule has 0 aliphatic carbocycles. The van der Waals surface area contributed by atoms with E-state index >= 15 is 0 Å². The van der Waals surface area contributed by atoms with Gasteiger partial charge in [0.15, 0.2) is 0 Å². The minimum Gasteiger partial charge on any atom is -0.376 e. The zero-order valence-corrected chi connectivity index (χ0v) is 7.00. The van der Waals surface area contributed by atoms with Crippen LogP contribution in [-0.2, 0) is 4.74 Å². The average Bonchev–Trinajstić information content (AvgIpc) is 2.39. The number of rotatable bonds is 0. The highest BCUT2D eigenvalue weighted by Gasteiger charge is 2.49. The number of nitrogens with one attached hydrogen (secondary N) is 1. The summed E-state index contributed by atoms with van der Waals surface area (Å²) < 4.78 is 5.41. The Hall–Kier alpha value is -0.120. The number of hydrogen-bond acceptors (Lipinski definition) is 3. The SMILES string of the molecule is C[C@H]1[C@H]2CCO[C@H]2N[C@@]1(C)O. The van der Waals surface area contributed by atoms with Crippen molar-refractivity contribution >= 4 is 0 Å². The largest absolute Gasteiger partial charge is 0.376 e. The second-order valence-electron chi connectivity index (χ2n) is 3.82. The lowest BCUT2D eigenvalue weighted by molar-refractivity contribution is -0.0256. The zero-order valence-electron chi connectivity index (χ0n) is 7.00. The Morgan fingerprint density at radius 2 is 2.36 bits per heavy atom. The predicted octanol–water partition coefficient (Wildman–Crippen LogP) is 0.297. The Labute approximate surface area is 66.7 Å². The fourth-order valence-electron chi connectivity index (χ4n) is 2.10. The third kappa shape index (κ3) is 0.991. The molecule has 0 spiro atoms. The van der Waals surface area contributed by atoms with E-state index in [0.29, 0.717) is 11.8 Å². The van der Waals surface area contributed by atoms with Gasteiger partial charge in [-0.15, -0.1) is 0 Å². The van der Waals surface area contributed by atoms with Crippen LogP contribution in [-0.4, -0.2) is 23.7 Å². The molecule has 64 valence electrons. The smallest absolute Gasteiger partial charge is 0.118 e. The van der Waals surface area contributed by atoms with Gasteiger partial charge in [-0.2, -0.15) is 0 Å². The molecule has 0 amide bonds. The average molecular weight is 157 g/mol. The second-order valence-corrected chi connectivity index (χ2v) is 3.82. The van der Waals surface area contributed by atoms with E-state index in [1.165, 1.54) is 0 Å². The first kappa shape index (κ1) is 7.53. The molecule has 11 heavy (non-hydrogen) atoms. The molecule has 3 heteroatoms. The molecule has 2 saturated heterocycles. The van der Waals surface area contributed by atoms with Gasteiger partial charge in [-0.05, 0) is 13.3 Å². The van der Waals surface area contributed by atoms with Gasteiger partial charge in [0.25, 0.3) is 0 Å². The van der Waals surface area contributed by atoms with Crippen molar-refractivity contribution in [2.45, 2.75) is 32.2 Å². The van der Waals surface area contributed by atoms with E-state index in [9.17, 15) is 5.11 Å². The number of hydrogen-bond donors (Lipinski definition) is 2. The third-order valence-corrected chi connectivity index (χ3v) is 3.10. The second kappa shape index (κ2) is 2.19. The highest BCUT2D eigenvalue weighted by atomic mass is 16.5. The predicted molar refractivity (Wildman–Crippen MR) is 40.8 cm³/mol. The molecular formula is C8H15NO2. The Morgan fingerprint density at radius 1 is 1.64 bits per heavy atom. The van der Waals surface area contributed by atoms with Gasteiger partial charge in [0.1, 0.15) is 12.0 Å². The molecule has 2 heterocycles. The Balaban J connectivity index is 2.17. The van der Waals surface area contributed by atoms with E-state index in [1.54, 1.807) is 0 Å². The van der Waals surface area contributed by atoms with Crippen molar-refractivity contribution in [3.63, 3.8) is 0 Å². The summed E-state index contributed by atoms with van der Waals surface area (Å²) in [7, 11) is 0. The minimum absolute atomic E-state index is 0.0972. The molecule has 2 N–H and O–H groups in total. The minimum atomic E-state index is -0.726. The van der Waals surface area contributed by atoms with E-state index in [2.05, 4.69) is 12.2 Å². The lowest BCUT2D eigenvalue weighted by Gasteiger charge is -2.24. The standard InChI is InChI=1S/C8H15NO2/c1-5-6-3-4-11-7(6)9-8(5,2)10/h5-7,9-10H,3-4H2,1-2H3/t5-,6+,7+,8-/m0/s1. The number of aliphatic hydroxyl groups is 1. The Morgan fingerprint density at radius 3 is 3.00 bits per heavy atom. The van der Waals surface area contributed by atoms with Gasteiger partial charge < -0.3 is 9.84 Å². The molecule has 0 aromatic heterocycles. The van der Waals surface area contributed by atoms with Crippen LogP contribution in [0, 0.1) is 11.8 Å². The molecule has 0 unspecified atom stereocenters. The molecule has 0 radical (unpaired) electrons. The lowest BCUT2D eigenvalue weighted by Crippen LogP contribution is -2.43. The third-order valence-electron chi connectivity index (χ3n) is 3.10. The van der Waals surface area contributed by atoms with Crippen molar-refractivity contribution in [1.82, 2.24) is 5.32 Å². The summed E-state index contributed by atoms with van der Waals surface area (Å²) in [6.07, 6.45) is 1.18. The number of fused-ring (bicyclic) bond motifs is 1. The van der Waals surface area contributed by atoms with Crippen molar-refractivity contribution in [1.29, 1.82) is 0 Å². The highest BCUT2D eigenvalue weighted by molar-refractivity contribution is 4.96. The summed E-state index contributed by atoms with van der Waals surface area (Å²) in [5, 5.41) is 12.9.